The lowest BCUT2D eigenvalue weighted by Gasteiger charge is -2.11. The van der Waals surface area contributed by atoms with E-state index in [-0.39, 0.29) is 0 Å². The summed E-state index contributed by atoms with van der Waals surface area (Å²) >= 11 is 0. The summed E-state index contributed by atoms with van der Waals surface area (Å²) < 4.78 is 5.16. The first-order chi connectivity index (χ1) is 12.2. The number of benzene rings is 2. The Morgan fingerprint density at radius 3 is 2.60 bits per heavy atom. The van der Waals surface area contributed by atoms with Crippen molar-refractivity contribution in [2.45, 2.75) is 20.4 Å². The van der Waals surface area contributed by atoms with E-state index in [1.54, 1.807) is 13.3 Å². The zero-order chi connectivity index (χ0) is 17.6. The number of nitrogens with zero attached hydrogens (tertiary/aromatic N) is 3. The summed E-state index contributed by atoms with van der Waals surface area (Å²) in [5.74, 6) is 1.97. The summed E-state index contributed by atoms with van der Waals surface area (Å²) in [5.41, 5.74) is 4.49. The van der Waals surface area contributed by atoms with Gasteiger partial charge in [0.15, 0.2) is 5.82 Å². The number of rotatable bonds is 6. The third-order valence-electron chi connectivity index (χ3n) is 4.04. The molecule has 0 fully saturated rings. The molecule has 0 amide bonds. The summed E-state index contributed by atoms with van der Waals surface area (Å²) in [7, 11) is 1.66. The summed E-state index contributed by atoms with van der Waals surface area (Å²) in [6.45, 7) is 4.79. The van der Waals surface area contributed by atoms with Gasteiger partial charge in [0.2, 0.25) is 5.95 Å². The van der Waals surface area contributed by atoms with Gasteiger partial charge in [-0.2, -0.15) is 10.1 Å². The molecule has 25 heavy (non-hydrogen) atoms. The third kappa shape index (κ3) is 4.23. The quantitative estimate of drug-likeness (QED) is 0.713. The van der Waals surface area contributed by atoms with E-state index < -0.39 is 0 Å². The normalized spacial score (nSPS) is 10.4. The van der Waals surface area contributed by atoms with Crippen molar-refractivity contribution in [2.24, 2.45) is 0 Å². The summed E-state index contributed by atoms with van der Waals surface area (Å²) in [6.07, 6.45) is 1.61. The highest BCUT2D eigenvalue weighted by Gasteiger charge is 2.05. The molecule has 6 nitrogen and oxygen atoms in total. The van der Waals surface area contributed by atoms with Gasteiger partial charge in [-0.1, -0.05) is 24.3 Å². The zero-order valence-electron chi connectivity index (χ0n) is 14.6. The molecular weight excluding hydrogens is 314 g/mol. The lowest BCUT2D eigenvalue weighted by atomic mass is 10.1. The molecule has 3 aromatic rings. The minimum Gasteiger partial charge on any atom is -0.497 e. The molecule has 0 radical (unpaired) electrons. The minimum atomic E-state index is 0.466. The first-order valence-corrected chi connectivity index (χ1v) is 8.05. The van der Waals surface area contributed by atoms with Crippen molar-refractivity contribution >= 4 is 17.5 Å². The number of hydrogen-bond donors (Lipinski definition) is 2. The van der Waals surface area contributed by atoms with E-state index in [2.05, 4.69) is 45.7 Å². The molecule has 0 spiro atoms. The Bertz CT molecular complexity index is 849. The molecule has 2 N–H and O–H groups in total. The number of hydrogen-bond acceptors (Lipinski definition) is 6. The van der Waals surface area contributed by atoms with Crippen molar-refractivity contribution in [3.8, 4) is 5.75 Å². The standard InChI is InChI=1S/C19H21N5O/c1-13-5-4-6-17(14(13)2)22-19-23-18(12-21-24-19)20-11-15-7-9-16(25-3)10-8-15/h4-10,12H,11H2,1-3H3,(H2,20,22,23,24). The van der Waals surface area contributed by atoms with Crippen LogP contribution in [-0.4, -0.2) is 22.3 Å². The zero-order valence-corrected chi connectivity index (χ0v) is 14.6. The van der Waals surface area contributed by atoms with Gasteiger partial charge in [-0.15, -0.1) is 5.10 Å². The van der Waals surface area contributed by atoms with E-state index in [1.165, 1.54) is 11.1 Å². The van der Waals surface area contributed by atoms with E-state index in [0.717, 1.165) is 17.0 Å². The maximum Gasteiger partial charge on any atom is 0.249 e. The predicted molar refractivity (Wildman–Crippen MR) is 99.3 cm³/mol. The van der Waals surface area contributed by atoms with Crippen LogP contribution in [0.15, 0.2) is 48.7 Å². The molecule has 0 saturated heterocycles. The van der Waals surface area contributed by atoms with Crippen LogP contribution in [0.3, 0.4) is 0 Å². The van der Waals surface area contributed by atoms with E-state index in [0.29, 0.717) is 18.3 Å². The van der Waals surface area contributed by atoms with Gasteiger partial charge in [0, 0.05) is 12.2 Å². The second-order valence-corrected chi connectivity index (χ2v) is 5.74. The van der Waals surface area contributed by atoms with Crippen LogP contribution in [0.1, 0.15) is 16.7 Å². The first kappa shape index (κ1) is 16.7. The van der Waals surface area contributed by atoms with Crippen molar-refractivity contribution in [3.63, 3.8) is 0 Å². The first-order valence-electron chi connectivity index (χ1n) is 8.05. The molecule has 0 unspecified atom stereocenters. The molecule has 1 heterocycles. The number of anilines is 3. The smallest absolute Gasteiger partial charge is 0.249 e. The molecule has 2 aromatic carbocycles. The van der Waals surface area contributed by atoms with E-state index in [1.807, 2.05) is 36.4 Å². The van der Waals surface area contributed by atoms with Crippen LogP contribution in [-0.2, 0) is 6.54 Å². The number of ether oxygens (including phenoxy) is 1. The second kappa shape index (κ2) is 7.61. The fourth-order valence-corrected chi connectivity index (χ4v) is 2.38. The molecule has 0 aliphatic carbocycles. The van der Waals surface area contributed by atoms with Gasteiger partial charge in [0.25, 0.3) is 0 Å². The number of aromatic nitrogens is 3. The lowest BCUT2D eigenvalue weighted by molar-refractivity contribution is 0.414. The number of methoxy groups -OCH3 is 1. The minimum absolute atomic E-state index is 0.466. The molecule has 0 aliphatic heterocycles. The van der Waals surface area contributed by atoms with Gasteiger partial charge in [-0.05, 0) is 48.7 Å². The monoisotopic (exact) mass is 335 g/mol. The SMILES string of the molecule is COc1ccc(CNc2cnnc(Nc3cccc(C)c3C)n2)cc1. The highest BCUT2D eigenvalue weighted by atomic mass is 16.5. The molecule has 0 atom stereocenters. The van der Waals surface area contributed by atoms with Crippen molar-refractivity contribution in [3.05, 3.63) is 65.4 Å². The summed E-state index contributed by atoms with van der Waals surface area (Å²) in [4.78, 5) is 4.47. The average Bonchev–Trinajstić information content (AvgIpc) is 2.64. The number of aryl methyl sites for hydroxylation is 1. The van der Waals surface area contributed by atoms with E-state index >= 15 is 0 Å². The van der Waals surface area contributed by atoms with Gasteiger partial charge < -0.3 is 15.4 Å². The highest BCUT2D eigenvalue weighted by molar-refractivity contribution is 5.60. The van der Waals surface area contributed by atoms with E-state index in [4.69, 9.17) is 4.74 Å². The molecule has 0 aliphatic rings. The summed E-state index contributed by atoms with van der Waals surface area (Å²) in [6, 6.07) is 14.0. The van der Waals surface area contributed by atoms with Gasteiger partial charge in [-0.3, -0.25) is 0 Å². The summed E-state index contributed by atoms with van der Waals surface area (Å²) in [5, 5.41) is 14.6. The van der Waals surface area contributed by atoms with Crippen molar-refractivity contribution < 1.29 is 4.74 Å². The Morgan fingerprint density at radius 2 is 1.84 bits per heavy atom. The van der Waals surface area contributed by atoms with Crippen molar-refractivity contribution in [1.29, 1.82) is 0 Å². The third-order valence-corrected chi connectivity index (χ3v) is 4.04. The van der Waals surface area contributed by atoms with Crippen LogP contribution in [0.2, 0.25) is 0 Å². The van der Waals surface area contributed by atoms with Gasteiger partial charge >= 0.3 is 0 Å². The molecule has 0 bridgehead atoms. The maximum atomic E-state index is 5.16. The van der Waals surface area contributed by atoms with Gasteiger partial charge in [0.05, 0.1) is 13.3 Å². The topological polar surface area (TPSA) is 72.0 Å². The van der Waals surface area contributed by atoms with Crippen LogP contribution in [0.4, 0.5) is 17.5 Å². The Labute approximate surface area is 147 Å². The van der Waals surface area contributed by atoms with E-state index in [9.17, 15) is 0 Å². The molecule has 1 aromatic heterocycles. The Morgan fingerprint density at radius 1 is 1.04 bits per heavy atom. The van der Waals surface area contributed by atoms with Crippen LogP contribution in [0.25, 0.3) is 0 Å². The molecule has 6 heteroatoms. The number of nitrogens with one attached hydrogen (secondary N) is 2. The Kier molecular flexibility index (Phi) is 5.09. The Hall–Kier alpha value is -3.15. The lowest BCUT2D eigenvalue weighted by Crippen LogP contribution is -2.06. The average molecular weight is 335 g/mol. The van der Waals surface area contributed by atoms with Crippen LogP contribution < -0.4 is 15.4 Å². The van der Waals surface area contributed by atoms with Gasteiger partial charge in [-0.25, -0.2) is 0 Å². The van der Waals surface area contributed by atoms with Gasteiger partial charge in [0.1, 0.15) is 5.75 Å². The maximum absolute atomic E-state index is 5.16. The molecular formula is C19H21N5O. The van der Waals surface area contributed by atoms with Crippen LogP contribution in [0.5, 0.6) is 5.75 Å². The van der Waals surface area contributed by atoms with Crippen molar-refractivity contribution in [1.82, 2.24) is 15.2 Å². The molecule has 3 rings (SSSR count). The second-order valence-electron chi connectivity index (χ2n) is 5.74. The van der Waals surface area contributed by atoms with Crippen LogP contribution >= 0.6 is 0 Å². The highest BCUT2D eigenvalue weighted by Crippen LogP contribution is 2.21. The Balaban J connectivity index is 1.67. The molecule has 0 saturated carbocycles. The largest absolute Gasteiger partial charge is 0.497 e. The fourth-order valence-electron chi connectivity index (χ4n) is 2.38. The van der Waals surface area contributed by atoms with Crippen LogP contribution in [0, 0.1) is 13.8 Å². The van der Waals surface area contributed by atoms with Crippen molar-refractivity contribution in [2.75, 3.05) is 17.7 Å². The predicted octanol–water partition coefficient (Wildman–Crippen LogP) is 3.85. The fraction of sp³-hybridized carbons (Fsp3) is 0.211. The molecule has 128 valence electrons.